The maximum Gasteiger partial charge on any atom is 0.241 e. The van der Waals surface area contributed by atoms with Crippen LogP contribution in [-0.2, 0) is 4.79 Å². The van der Waals surface area contributed by atoms with Crippen LogP contribution in [0.25, 0.3) is 0 Å². The van der Waals surface area contributed by atoms with Crippen molar-refractivity contribution in [1.82, 2.24) is 4.98 Å². The zero-order chi connectivity index (χ0) is 13.8. The summed E-state index contributed by atoms with van der Waals surface area (Å²) in [4.78, 5) is 19.0. The van der Waals surface area contributed by atoms with Crippen LogP contribution in [0.2, 0.25) is 5.02 Å². The van der Waals surface area contributed by atoms with Crippen LogP contribution < -0.4 is 4.90 Å². The Bertz CT molecular complexity index is 542. The Labute approximate surface area is 125 Å². The molecule has 100 valence electrons. The molecule has 6 heteroatoms. The fourth-order valence-electron chi connectivity index (χ4n) is 1.52. The van der Waals surface area contributed by atoms with Gasteiger partial charge in [-0.15, -0.1) is 23.1 Å². The van der Waals surface area contributed by atoms with Crippen molar-refractivity contribution in [3.63, 3.8) is 0 Å². The number of thiazole rings is 1. The number of nitrogens with zero attached hydrogens (tertiary/aromatic N) is 2. The highest BCUT2D eigenvalue weighted by molar-refractivity contribution is 8.00. The van der Waals surface area contributed by atoms with Crippen molar-refractivity contribution in [3.05, 3.63) is 40.9 Å². The molecule has 0 aliphatic rings. The van der Waals surface area contributed by atoms with Gasteiger partial charge in [0.25, 0.3) is 0 Å². The molecule has 0 saturated heterocycles. The van der Waals surface area contributed by atoms with Crippen LogP contribution in [0, 0.1) is 0 Å². The lowest BCUT2D eigenvalue weighted by Crippen LogP contribution is -2.33. The number of benzene rings is 1. The number of carbonyl (C=O) groups is 1. The molecule has 2 rings (SSSR count). The first-order chi connectivity index (χ1) is 9.08. The number of anilines is 1. The average Bonchev–Trinajstić information content (AvgIpc) is 2.93. The van der Waals surface area contributed by atoms with Crippen LogP contribution in [0.5, 0.6) is 0 Å². The Morgan fingerprint density at radius 1 is 1.42 bits per heavy atom. The highest BCUT2D eigenvalue weighted by atomic mass is 35.5. The third kappa shape index (κ3) is 3.72. The molecule has 0 fully saturated rings. The molecular weight excluding hydrogens is 300 g/mol. The molecule has 1 amide bonds. The second kappa shape index (κ2) is 6.41. The summed E-state index contributed by atoms with van der Waals surface area (Å²) < 4.78 is 0. The molecule has 19 heavy (non-hydrogen) atoms. The van der Waals surface area contributed by atoms with E-state index in [-0.39, 0.29) is 11.2 Å². The monoisotopic (exact) mass is 312 g/mol. The predicted octanol–water partition coefficient (Wildman–Crippen LogP) is 3.94. The summed E-state index contributed by atoms with van der Waals surface area (Å²) in [5, 5.41) is 3.10. The summed E-state index contributed by atoms with van der Waals surface area (Å²) in [5.74, 6) is 0.0369. The number of thioether (sulfide) groups is 1. The van der Waals surface area contributed by atoms with E-state index in [2.05, 4.69) is 4.98 Å². The smallest absolute Gasteiger partial charge is 0.241 e. The molecule has 1 unspecified atom stereocenters. The van der Waals surface area contributed by atoms with Gasteiger partial charge in [-0.2, -0.15) is 0 Å². The second-order valence-corrected chi connectivity index (χ2v) is 6.65. The number of halogens is 1. The maximum atomic E-state index is 12.3. The molecule has 3 nitrogen and oxygen atoms in total. The van der Waals surface area contributed by atoms with Crippen LogP contribution in [-0.4, -0.2) is 23.2 Å². The molecule has 1 aromatic heterocycles. The molecule has 0 bridgehead atoms. The van der Waals surface area contributed by atoms with Crippen molar-refractivity contribution in [2.24, 2.45) is 0 Å². The van der Waals surface area contributed by atoms with Gasteiger partial charge in [0.2, 0.25) is 5.91 Å². The lowest BCUT2D eigenvalue weighted by molar-refractivity contribution is -0.117. The van der Waals surface area contributed by atoms with Gasteiger partial charge in [0.05, 0.1) is 5.25 Å². The van der Waals surface area contributed by atoms with Crippen molar-refractivity contribution >= 4 is 45.7 Å². The van der Waals surface area contributed by atoms with E-state index in [1.54, 1.807) is 18.1 Å². The van der Waals surface area contributed by atoms with E-state index in [1.165, 1.54) is 23.1 Å². The summed E-state index contributed by atoms with van der Waals surface area (Å²) in [6.45, 7) is 1.89. The Hall–Kier alpha value is -1.04. The van der Waals surface area contributed by atoms with Crippen LogP contribution in [0.4, 0.5) is 5.13 Å². The molecule has 1 aromatic carbocycles. The third-order valence-electron chi connectivity index (χ3n) is 2.51. The van der Waals surface area contributed by atoms with E-state index in [9.17, 15) is 4.79 Å². The summed E-state index contributed by atoms with van der Waals surface area (Å²) in [7, 11) is 1.75. The van der Waals surface area contributed by atoms with Crippen molar-refractivity contribution in [2.45, 2.75) is 17.1 Å². The molecule has 0 aliphatic carbocycles. The molecule has 1 atom stereocenters. The number of carbonyl (C=O) groups excluding carboxylic acids is 1. The second-order valence-electron chi connectivity index (χ2n) is 3.93. The normalized spacial score (nSPS) is 12.2. The van der Waals surface area contributed by atoms with Gasteiger partial charge >= 0.3 is 0 Å². The van der Waals surface area contributed by atoms with E-state index in [4.69, 9.17) is 11.6 Å². The van der Waals surface area contributed by atoms with Crippen LogP contribution >= 0.6 is 34.7 Å². The van der Waals surface area contributed by atoms with Crippen molar-refractivity contribution in [3.8, 4) is 0 Å². The first-order valence-electron chi connectivity index (χ1n) is 5.67. The number of rotatable bonds is 4. The van der Waals surface area contributed by atoms with E-state index < -0.39 is 0 Å². The van der Waals surface area contributed by atoms with Gasteiger partial charge in [0.15, 0.2) is 5.13 Å². The van der Waals surface area contributed by atoms with E-state index in [0.717, 1.165) is 4.90 Å². The molecule has 0 N–H and O–H groups in total. The van der Waals surface area contributed by atoms with Gasteiger partial charge in [0.1, 0.15) is 0 Å². The fraction of sp³-hybridized carbons (Fsp3) is 0.231. The van der Waals surface area contributed by atoms with Gasteiger partial charge in [-0.3, -0.25) is 9.69 Å². The lowest BCUT2D eigenvalue weighted by atomic mass is 10.4. The first-order valence-corrected chi connectivity index (χ1v) is 7.81. The summed E-state index contributed by atoms with van der Waals surface area (Å²) in [6.07, 6.45) is 1.70. The average molecular weight is 313 g/mol. The lowest BCUT2D eigenvalue weighted by Gasteiger charge is -2.18. The minimum atomic E-state index is -0.171. The standard InChI is InChI=1S/C13H13ClN2OS2/c1-9(19-11-5-3-10(14)4-6-11)12(17)16(2)13-15-7-8-18-13/h3-9H,1-2H3. The highest BCUT2D eigenvalue weighted by Gasteiger charge is 2.21. The zero-order valence-corrected chi connectivity index (χ0v) is 12.9. The maximum absolute atomic E-state index is 12.3. The number of hydrogen-bond donors (Lipinski definition) is 0. The summed E-state index contributed by atoms with van der Waals surface area (Å²) in [5.41, 5.74) is 0. The Kier molecular flexibility index (Phi) is 4.85. The first kappa shape index (κ1) is 14.4. The fourth-order valence-corrected chi connectivity index (χ4v) is 3.22. The highest BCUT2D eigenvalue weighted by Crippen LogP contribution is 2.27. The largest absolute Gasteiger partial charge is 0.290 e. The van der Waals surface area contributed by atoms with Crippen LogP contribution in [0.15, 0.2) is 40.7 Å². The molecular formula is C13H13ClN2OS2. The Balaban J connectivity index is 2.01. The zero-order valence-electron chi connectivity index (χ0n) is 10.5. The van der Waals surface area contributed by atoms with Crippen molar-refractivity contribution in [1.29, 1.82) is 0 Å². The van der Waals surface area contributed by atoms with Gasteiger partial charge in [-0.05, 0) is 31.2 Å². The third-order valence-corrected chi connectivity index (χ3v) is 4.71. The number of hydrogen-bond acceptors (Lipinski definition) is 4. The molecule has 1 heterocycles. The molecule has 0 radical (unpaired) electrons. The molecule has 0 aliphatic heterocycles. The SMILES string of the molecule is CC(Sc1ccc(Cl)cc1)C(=O)N(C)c1nccs1. The molecule has 0 saturated carbocycles. The summed E-state index contributed by atoms with van der Waals surface area (Å²) >= 11 is 8.80. The van der Waals surface area contributed by atoms with Gasteiger partial charge in [-0.1, -0.05) is 11.6 Å². The minimum absolute atomic E-state index is 0.0369. The van der Waals surface area contributed by atoms with Crippen molar-refractivity contribution in [2.75, 3.05) is 11.9 Å². The van der Waals surface area contributed by atoms with E-state index >= 15 is 0 Å². The molecule has 0 spiro atoms. The van der Waals surface area contributed by atoms with E-state index in [1.807, 2.05) is 36.6 Å². The van der Waals surface area contributed by atoms with Gasteiger partial charge in [-0.25, -0.2) is 4.98 Å². The predicted molar refractivity (Wildman–Crippen MR) is 82.3 cm³/mol. The van der Waals surface area contributed by atoms with Crippen molar-refractivity contribution < 1.29 is 4.79 Å². The topological polar surface area (TPSA) is 33.2 Å². The number of amides is 1. The minimum Gasteiger partial charge on any atom is -0.290 e. The van der Waals surface area contributed by atoms with Gasteiger partial charge < -0.3 is 0 Å². The van der Waals surface area contributed by atoms with Crippen LogP contribution in [0.1, 0.15) is 6.92 Å². The Morgan fingerprint density at radius 2 is 2.11 bits per heavy atom. The van der Waals surface area contributed by atoms with Gasteiger partial charge in [0, 0.05) is 28.5 Å². The molecule has 2 aromatic rings. The number of aromatic nitrogens is 1. The van der Waals surface area contributed by atoms with Crippen LogP contribution in [0.3, 0.4) is 0 Å². The van der Waals surface area contributed by atoms with E-state index in [0.29, 0.717) is 10.2 Å². The summed E-state index contributed by atoms with van der Waals surface area (Å²) in [6, 6.07) is 7.48. The Morgan fingerprint density at radius 3 is 2.68 bits per heavy atom. The quantitative estimate of drug-likeness (QED) is 0.802.